The average molecular weight is 497 g/mol. The quantitative estimate of drug-likeness (QED) is 0.195. The average Bonchev–Trinajstić information content (AvgIpc) is 2.85. The van der Waals surface area contributed by atoms with Crippen LogP contribution in [0.3, 0.4) is 0 Å². The van der Waals surface area contributed by atoms with E-state index in [4.69, 9.17) is 23.7 Å². The van der Waals surface area contributed by atoms with E-state index < -0.39 is 0 Å². The first-order valence-corrected chi connectivity index (χ1v) is 14.4. The third kappa shape index (κ3) is 10.5. The Morgan fingerprint density at radius 2 is 1.21 bits per heavy atom. The van der Waals surface area contributed by atoms with Gasteiger partial charge in [0.25, 0.3) is 0 Å². The van der Waals surface area contributed by atoms with Crippen molar-refractivity contribution >= 4 is 11.8 Å². The molecule has 1 aromatic rings. The maximum Gasteiger partial charge on any atom is 0.137 e. The molecular formula is C28H48O5S. The summed E-state index contributed by atoms with van der Waals surface area (Å²) in [5.41, 5.74) is -0.184. The van der Waals surface area contributed by atoms with E-state index in [0.29, 0.717) is 26.4 Å². The van der Waals surface area contributed by atoms with Crippen molar-refractivity contribution in [3.05, 3.63) is 30.3 Å². The van der Waals surface area contributed by atoms with E-state index in [1.54, 1.807) is 11.8 Å². The minimum Gasteiger partial charge on any atom is -0.379 e. The largest absolute Gasteiger partial charge is 0.379 e. The van der Waals surface area contributed by atoms with Crippen LogP contribution in [0.4, 0.5) is 0 Å². The van der Waals surface area contributed by atoms with E-state index in [1.807, 2.05) is 6.07 Å². The Balaban J connectivity index is 2.27. The Hall–Kier alpha value is -0.630. The topological polar surface area (TPSA) is 46.2 Å². The lowest BCUT2D eigenvalue weighted by molar-refractivity contribution is -0.247. The first-order chi connectivity index (χ1) is 16.7. The van der Waals surface area contributed by atoms with Gasteiger partial charge in [-0.25, -0.2) is 0 Å². The van der Waals surface area contributed by atoms with Crippen LogP contribution in [-0.4, -0.2) is 62.9 Å². The van der Waals surface area contributed by atoms with Crippen LogP contribution in [0.5, 0.6) is 0 Å². The van der Waals surface area contributed by atoms with E-state index in [2.05, 4.69) is 52.0 Å². The molecule has 5 atom stereocenters. The second-order valence-electron chi connectivity index (χ2n) is 8.97. The zero-order valence-electron chi connectivity index (χ0n) is 21.9. The molecule has 0 spiro atoms. The fraction of sp³-hybridized carbons (Fsp3) is 0.786. The van der Waals surface area contributed by atoms with Crippen molar-refractivity contribution < 1.29 is 23.7 Å². The standard InChI is InChI=1S/C28H48O5S/c1-5-9-18-29-22-24-25(30-19-10-6-2)26(31-20-11-7-3)27(32-21-12-8-4)28(33-24)34-23-16-14-13-15-17-23/h13-17,24-28H,5-12,18-22H2,1-4H3/t24?,25-,26?,27?,28-/m0/s1. The number of rotatable bonds is 19. The zero-order valence-corrected chi connectivity index (χ0v) is 22.7. The molecule has 0 aromatic heterocycles. The van der Waals surface area contributed by atoms with Crippen molar-refractivity contribution in [2.75, 3.05) is 33.0 Å². The second-order valence-corrected chi connectivity index (χ2v) is 10.1. The summed E-state index contributed by atoms with van der Waals surface area (Å²) in [6.45, 7) is 12.1. The Morgan fingerprint density at radius 3 is 1.79 bits per heavy atom. The Labute approximate surface area is 212 Å². The summed E-state index contributed by atoms with van der Waals surface area (Å²) in [4.78, 5) is 1.17. The van der Waals surface area contributed by atoms with Gasteiger partial charge in [-0.05, 0) is 37.8 Å². The summed E-state index contributed by atoms with van der Waals surface area (Å²) in [6, 6.07) is 10.4. The van der Waals surface area contributed by atoms with Crippen LogP contribution in [0.1, 0.15) is 79.1 Å². The molecule has 0 bridgehead atoms. The molecule has 0 amide bonds. The lowest BCUT2D eigenvalue weighted by Gasteiger charge is -2.46. The number of benzene rings is 1. The normalized spacial score (nSPS) is 25.0. The molecule has 1 fully saturated rings. The van der Waals surface area contributed by atoms with Gasteiger partial charge in [0.05, 0.1) is 6.61 Å². The van der Waals surface area contributed by atoms with Crippen molar-refractivity contribution in [3.8, 4) is 0 Å². The van der Waals surface area contributed by atoms with Crippen LogP contribution in [0.25, 0.3) is 0 Å². The minimum absolute atomic E-state index is 0.184. The summed E-state index contributed by atoms with van der Waals surface area (Å²) >= 11 is 1.71. The van der Waals surface area contributed by atoms with Crippen molar-refractivity contribution in [1.29, 1.82) is 0 Å². The molecule has 0 saturated carbocycles. The molecule has 1 aliphatic heterocycles. The molecule has 1 aliphatic rings. The minimum atomic E-state index is -0.204. The summed E-state index contributed by atoms with van der Waals surface area (Å²) in [6.07, 6.45) is 7.73. The van der Waals surface area contributed by atoms with Crippen LogP contribution in [0.2, 0.25) is 0 Å². The van der Waals surface area contributed by atoms with E-state index >= 15 is 0 Å². The van der Waals surface area contributed by atoms with Gasteiger partial charge < -0.3 is 23.7 Å². The predicted octanol–water partition coefficient (Wildman–Crippen LogP) is 6.88. The SMILES string of the molecule is CCCCOCC1O[C@@H](Sc2ccccc2)C(OCCCC)C(OCCCC)[C@H]1OCCCC. The summed E-state index contributed by atoms with van der Waals surface area (Å²) in [7, 11) is 0. The Kier molecular flexibility index (Phi) is 16.2. The summed E-state index contributed by atoms with van der Waals surface area (Å²) in [5.74, 6) is 0. The second kappa shape index (κ2) is 18.6. The number of ether oxygens (including phenoxy) is 5. The van der Waals surface area contributed by atoms with Crippen LogP contribution in [-0.2, 0) is 23.7 Å². The summed E-state index contributed by atoms with van der Waals surface area (Å²) in [5, 5.41) is 0. The van der Waals surface area contributed by atoms with Gasteiger partial charge in [0, 0.05) is 31.3 Å². The van der Waals surface area contributed by atoms with E-state index in [1.165, 1.54) is 4.90 Å². The van der Waals surface area contributed by atoms with Crippen molar-refractivity contribution in [2.45, 2.75) is 114 Å². The highest BCUT2D eigenvalue weighted by atomic mass is 32.2. The van der Waals surface area contributed by atoms with Crippen molar-refractivity contribution in [3.63, 3.8) is 0 Å². The maximum absolute atomic E-state index is 6.70. The fourth-order valence-corrected chi connectivity index (χ4v) is 4.99. The molecule has 5 nitrogen and oxygen atoms in total. The lowest BCUT2D eigenvalue weighted by atomic mass is 9.99. The van der Waals surface area contributed by atoms with Gasteiger partial charge in [-0.3, -0.25) is 0 Å². The molecule has 34 heavy (non-hydrogen) atoms. The van der Waals surface area contributed by atoms with E-state index in [0.717, 1.165) is 58.0 Å². The van der Waals surface area contributed by atoms with Gasteiger partial charge in [0.1, 0.15) is 29.9 Å². The Morgan fingerprint density at radius 1 is 0.676 bits per heavy atom. The van der Waals surface area contributed by atoms with E-state index in [-0.39, 0.29) is 29.9 Å². The molecule has 0 aliphatic carbocycles. The number of unbranched alkanes of at least 4 members (excludes halogenated alkanes) is 4. The number of hydrogen-bond donors (Lipinski definition) is 0. The van der Waals surface area contributed by atoms with Crippen molar-refractivity contribution in [2.24, 2.45) is 0 Å². The molecule has 1 saturated heterocycles. The Bertz CT molecular complexity index is 602. The van der Waals surface area contributed by atoms with Gasteiger partial charge in [0.15, 0.2) is 0 Å². The fourth-order valence-electron chi connectivity index (χ4n) is 3.85. The first kappa shape index (κ1) is 29.6. The molecule has 3 unspecified atom stereocenters. The van der Waals surface area contributed by atoms with Gasteiger partial charge >= 0.3 is 0 Å². The van der Waals surface area contributed by atoms with E-state index in [9.17, 15) is 0 Å². The van der Waals surface area contributed by atoms with Crippen molar-refractivity contribution in [1.82, 2.24) is 0 Å². The predicted molar refractivity (Wildman–Crippen MR) is 141 cm³/mol. The smallest absolute Gasteiger partial charge is 0.137 e. The molecule has 1 aromatic carbocycles. The number of hydrogen-bond acceptors (Lipinski definition) is 6. The van der Waals surface area contributed by atoms with Crippen LogP contribution in [0, 0.1) is 0 Å². The van der Waals surface area contributed by atoms with Crippen LogP contribution in [0.15, 0.2) is 35.2 Å². The molecule has 196 valence electrons. The maximum atomic E-state index is 6.70. The monoisotopic (exact) mass is 496 g/mol. The highest BCUT2D eigenvalue weighted by Crippen LogP contribution is 2.37. The lowest BCUT2D eigenvalue weighted by Crippen LogP contribution is -2.60. The van der Waals surface area contributed by atoms with Crippen LogP contribution < -0.4 is 0 Å². The number of thioether (sulfide) groups is 1. The molecule has 0 N–H and O–H groups in total. The van der Waals surface area contributed by atoms with Gasteiger partial charge in [-0.2, -0.15) is 0 Å². The molecule has 6 heteroatoms. The molecule has 0 radical (unpaired) electrons. The summed E-state index contributed by atoms with van der Waals surface area (Å²) < 4.78 is 32.2. The highest BCUT2D eigenvalue weighted by molar-refractivity contribution is 7.99. The van der Waals surface area contributed by atoms with Crippen LogP contribution >= 0.6 is 11.8 Å². The van der Waals surface area contributed by atoms with Gasteiger partial charge in [-0.1, -0.05) is 83.3 Å². The highest BCUT2D eigenvalue weighted by Gasteiger charge is 2.48. The zero-order chi connectivity index (χ0) is 24.4. The molecule has 1 heterocycles. The first-order valence-electron chi connectivity index (χ1n) is 13.5. The van der Waals surface area contributed by atoms with Gasteiger partial charge in [-0.15, -0.1) is 0 Å². The molecule has 2 rings (SSSR count). The molecular weight excluding hydrogens is 448 g/mol. The van der Waals surface area contributed by atoms with Gasteiger partial charge in [0.2, 0.25) is 0 Å². The third-order valence-corrected chi connectivity index (χ3v) is 7.09. The third-order valence-electron chi connectivity index (χ3n) is 5.94.